The van der Waals surface area contributed by atoms with Crippen molar-refractivity contribution in [2.45, 2.75) is 13.8 Å². The van der Waals surface area contributed by atoms with Gasteiger partial charge in [0.15, 0.2) is 11.5 Å². The number of phenolic OH excluding ortho intramolecular Hbond substituents is 3. The number of benzene rings is 2. The molecule has 0 bridgehead atoms. The zero-order chi connectivity index (χ0) is 12.6. The van der Waals surface area contributed by atoms with Gasteiger partial charge >= 0.3 is 0 Å². The zero-order valence-electron chi connectivity index (χ0n) is 9.73. The summed E-state index contributed by atoms with van der Waals surface area (Å²) in [4.78, 5) is 0. The van der Waals surface area contributed by atoms with Gasteiger partial charge in [-0.05, 0) is 42.7 Å². The number of hydrogen-bond donors (Lipinski definition) is 3. The maximum atomic E-state index is 9.83. The van der Waals surface area contributed by atoms with Crippen LogP contribution in [0.2, 0.25) is 0 Å². The Morgan fingerprint density at radius 3 is 2.24 bits per heavy atom. The second-order valence-corrected chi connectivity index (χ2v) is 4.13. The first kappa shape index (κ1) is 11.3. The molecular formula is C14H14O3. The Morgan fingerprint density at radius 2 is 1.53 bits per heavy atom. The van der Waals surface area contributed by atoms with Crippen molar-refractivity contribution in [2.75, 3.05) is 0 Å². The summed E-state index contributed by atoms with van der Waals surface area (Å²) in [5.41, 5.74) is 2.81. The molecule has 2 aromatic carbocycles. The van der Waals surface area contributed by atoms with E-state index in [-0.39, 0.29) is 17.2 Å². The second-order valence-electron chi connectivity index (χ2n) is 4.13. The Kier molecular flexibility index (Phi) is 2.68. The lowest BCUT2D eigenvalue weighted by molar-refractivity contribution is 0.405. The molecule has 0 saturated carbocycles. The lowest BCUT2D eigenvalue weighted by Crippen LogP contribution is -1.87. The molecule has 3 N–H and O–H groups in total. The Labute approximate surface area is 99.6 Å². The molecule has 17 heavy (non-hydrogen) atoms. The Balaban J connectivity index is 2.73. The van der Waals surface area contributed by atoms with E-state index < -0.39 is 0 Å². The van der Waals surface area contributed by atoms with Gasteiger partial charge < -0.3 is 15.3 Å². The van der Waals surface area contributed by atoms with Crippen LogP contribution in [-0.4, -0.2) is 15.3 Å². The van der Waals surface area contributed by atoms with Gasteiger partial charge in [0.1, 0.15) is 5.75 Å². The van der Waals surface area contributed by atoms with E-state index >= 15 is 0 Å². The van der Waals surface area contributed by atoms with Crippen LogP contribution in [0.15, 0.2) is 30.3 Å². The molecule has 0 radical (unpaired) electrons. The highest BCUT2D eigenvalue weighted by Crippen LogP contribution is 2.39. The standard InChI is InChI=1S/C14H14O3/c1-8-6-11(9(2)13(16)7-8)10-4-3-5-12(15)14(10)17/h3-7,15-17H,1-2H3. The smallest absolute Gasteiger partial charge is 0.165 e. The molecule has 3 nitrogen and oxygen atoms in total. The number of rotatable bonds is 1. The molecule has 0 aliphatic rings. The third-order valence-electron chi connectivity index (χ3n) is 2.83. The van der Waals surface area contributed by atoms with Crippen molar-refractivity contribution in [1.82, 2.24) is 0 Å². The summed E-state index contributed by atoms with van der Waals surface area (Å²) >= 11 is 0. The van der Waals surface area contributed by atoms with Crippen LogP contribution in [0.5, 0.6) is 17.2 Å². The minimum Gasteiger partial charge on any atom is -0.508 e. The summed E-state index contributed by atoms with van der Waals surface area (Å²) in [7, 11) is 0. The SMILES string of the molecule is Cc1cc(O)c(C)c(-c2cccc(O)c2O)c1. The molecule has 0 spiro atoms. The van der Waals surface area contributed by atoms with Gasteiger partial charge in [-0.1, -0.05) is 18.2 Å². The zero-order valence-corrected chi connectivity index (χ0v) is 9.73. The van der Waals surface area contributed by atoms with Gasteiger partial charge in [-0.25, -0.2) is 0 Å². The van der Waals surface area contributed by atoms with E-state index in [1.807, 2.05) is 13.0 Å². The van der Waals surface area contributed by atoms with Crippen molar-refractivity contribution in [3.63, 3.8) is 0 Å². The summed E-state index contributed by atoms with van der Waals surface area (Å²) in [5.74, 6) is -0.147. The third-order valence-corrected chi connectivity index (χ3v) is 2.83. The Morgan fingerprint density at radius 1 is 0.824 bits per heavy atom. The van der Waals surface area contributed by atoms with Crippen molar-refractivity contribution < 1.29 is 15.3 Å². The van der Waals surface area contributed by atoms with E-state index in [1.54, 1.807) is 25.1 Å². The number of aryl methyl sites for hydroxylation is 1. The monoisotopic (exact) mass is 230 g/mol. The maximum Gasteiger partial charge on any atom is 0.165 e. The van der Waals surface area contributed by atoms with Crippen molar-refractivity contribution in [2.24, 2.45) is 0 Å². The number of hydrogen-bond acceptors (Lipinski definition) is 3. The normalized spacial score (nSPS) is 10.5. The van der Waals surface area contributed by atoms with Crippen LogP contribution >= 0.6 is 0 Å². The van der Waals surface area contributed by atoms with Crippen LogP contribution < -0.4 is 0 Å². The van der Waals surface area contributed by atoms with Gasteiger partial charge in [0.25, 0.3) is 0 Å². The fourth-order valence-corrected chi connectivity index (χ4v) is 1.87. The highest BCUT2D eigenvalue weighted by atomic mass is 16.3. The number of para-hydroxylation sites is 1. The van der Waals surface area contributed by atoms with Gasteiger partial charge in [0, 0.05) is 5.56 Å². The van der Waals surface area contributed by atoms with Crippen molar-refractivity contribution >= 4 is 0 Å². The van der Waals surface area contributed by atoms with Crippen molar-refractivity contribution in [3.8, 4) is 28.4 Å². The van der Waals surface area contributed by atoms with Crippen LogP contribution in [-0.2, 0) is 0 Å². The van der Waals surface area contributed by atoms with E-state index in [4.69, 9.17) is 0 Å². The summed E-state index contributed by atoms with van der Waals surface area (Å²) in [5, 5.41) is 29.1. The van der Waals surface area contributed by atoms with Gasteiger partial charge in [-0.3, -0.25) is 0 Å². The molecule has 0 aromatic heterocycles. The van der Waals surface area contributed by atoms with Crippen LogP contribution in [0.4, 0.5) is 0 Å². The summed E-state index contributed by atoms with van der Waals surface area (Å²) in [6, 6.07) is 8.31. The first-order chi connectivity index (χ1) is 8.00. The summed E-state index contributed by atoms with van der Waals surface area (Å²) in [6.07, 6.45) is 0. The molecule has 2 aromatic rings. The highest BCUT2D eigenvalue weighted by molar-refractivity contribution is 5.77. The average molecular weight is 230 g/mol. The Bertz CT molecular complexity index is 574. The van der Waals surface area contributed by atoms with Crippen molar-refractivity contribution in [1.29, 1.82) is 0 Å². The summed E-state index contributed by atoms with van der Waals surface area (Å²) < 4.78 is 0. The van der Waals surface area contributed by atoms with Gasteiger partial charge in [-0.15, -0.1) is 0 Å². The molecule has 0 fully saturated rings. The van der Waals surface area contributed by atoms with Crippen LogP contribution in [0.1, 0.15) is 11.1 Å². The average Bonchev–Trinajstić information content (AvgIpc) is 2.27. The molecule has 0 atom stereocenters. The van der Waals surface area contributed by atoms with Crippen LogP contribution in [0.25, 0.3) is 11.1 Å². The van der Waals surface area contributed by atoms with Gasteiger partial charge in [-0.2, -0.15) is 0 Å². The second kappa shape index (κ2) is 4.01. The molecule has 2 rings (SSSR count). The number of aromatic hydroxyl groups is 3. The third kappa shape index (κ3) is 1.91. The van der Waals surface area contributed by atoms with Crippen LogP contribution in [0, 0.1) is 13.8 Å². The Hall–Kier alpha value is -2.16. The lowest BCUT2D eigenvalue weighted by Gasteiger charge is -2.11. The number of phenols is 3. The molecule has 0 amide bonds. The quantitative estimate of drug-likeness (QED) is 0.660. The molecule has 88 valence electrons. The lowest BCUT2D eigenvalue weighted by atomic mass is 9.96. The fourth-order valence-electron chi connectivity index (χ4n) is 1.87. The molecule has 3 heteroatoms. The highest BCUT2D eigenvalue weighted by Gasteiger charge is 2.12. The largest absolute Gasteiger partial charge is 0.508 e. The maximum absolute atomic E-state index is 9.83. The molecule has 0 unspecified atom stereocenters. The molecule has 0 saturated heterocycles. The summed E-state index contributed by atoms with van der Waals surface area (Å²) in [6.45, 7) is 3.64. The fraction of sp³-hybridized carbons (Fsp3) is 0.143. The van der Waals surface area contributed by atoms with E-state index in [1.165, 1.54) is 6.07 Å². The minimum atomic E-state index is -0.166. The van der Waals surface area contributed by atoms with Crippen LogP contribution in [0.3, 0.4) is 0 Å². The minimum absolute atomic E-state index is 0.164. The van der Waals surface area contributed by atoms with E-state index in [2.05, 4.69) is 0 Å². The predicted molar refractivity (Wildman–Crippen MR) is 66.3 cm³/mol. The molecule has 0 heterocycles. The van der Waals surface area contributed by atoms with Gasteiger partial charge in [0.2, 0.25) is 0 Å². The van der Waals surface area contributed by atoms with Crippen molar-refractivity contribution in [3.05, 3.63) is 41.5 Å². The van der Waals surface area contributed by atoms with E-state index in [0.717, 1.165) is 11.1 Å². The molecule has 0 aliphatic carbocycles. The first-order valence-corrected chi connectivity index (χ1v) is 5.32. The molecule has 0 aliphatic heterocycles. The predicted octanol–water partition coefficient (Wildman–Crippen LogP) is 3.09. The van der Waals surface area contributed by atoms with Gasteiger partial charge in [0.05, 0.1) is 0 Å². The topological polar surface area (TPSA) is 60.7 Å². The first-order valence-electron chi connectivity index (χ1n) is 5.32. The molecular weight excluding hydrogens is 216 g/mol. The van der Waals surface area contributed by atoms with E-state index in [0.29, 0.717) is 11.1 Å². The van der Waals surface area contributed by atoms with E-state index in [9.17, 15) is 15.3 Å².